The predicted molar refractivity (Wildman–Crippen MR) is 69.0 cm³/mol. The van der Waals surface area contributed by atoms with Crippen molar-refractivity contribution in [3.8, 4) is 0 Å². The molecular formula is C13H17BrO2. The lowest BCUT2D eigenvalue weighted by Crippen LogP contribution is -2.19. The van der Waals surface area contributed by atoms with Crippen LogP contribution in [0.15, 0.2) is 18.2 Å². The molecule has 1 aromatic rings. The molecule has 0 fully saturated rings. The van der Waals surface area contributed by atoms with E-state index in [2.05, 4.69) is 48.0 Å². The number of carbonyl (C=O) groups is 1. The van der Waals surface area contributed by atoms with E-state index in [4.69, 9.17) is 4.74 Å². The molecule has 88 valence electrons. The monoisotopic (exact) mass is 284 g/mol. The van der Waals surface area contributed by atoms with Crippen molar-refractivity contribution in [2.75, 3.05) is 6.61 Å². The van der Waals surface area contributed by atoms with Crippen molar-refractivity contribution < 1.29 is 9.53 Å². The van der Waals surface area contributed by atoms with E-state index < -0.39 is 0 Å². The van der Waals surface area contributed by atoms with Crippen molar-refractivity contribution in [3.63, 3.8) is 0 Å². The minimum Gasteiger partial charge on any atom is -0.465 e. The molecule has 0 saturated carbocycles. The van der Waals surface area contributed by atoms with Gasteiger partial charge in [0.05, 0.1) is 6.61 Å². The zero-order valence-corrected chi connectivity index (χ0v) is 11.5. The quantitative estimate of drug-likeness (QED) is 0.627. The number of carbonyl (C=O) groups excluding carboxylic acids is 1. The van der Waals surface area contributed by atoms with Crippen molar-refractivity contribution in [3.05, 3.63) is 34.9 Å². The average molecular weight is 285 g/mol. The lowest BCUT2D eigenvalue weighted by atomic mass is 10.0. The smallest absolute Gasteiger partial charge is 0.320 e. The third kappa shape index (κ3) is 3.97. The molecule has 0 N–H and O–H groups in total. The molecule has 1 aromatic carbocycles. The fourth-order valence-electron chi connectivity index (χ4n) is 1.71. The van der Waals surface area contributed by atoms with Gasteiger partial charge in [0.2, 0.25) is 0 Å². The van der Waals surface area contributed by atoms with E-state index in [1.807, 2.05) is 6.92 Å². The third-order valence-corrected chi connectivity index (χ3v) is 2.94. The van der Waals surface area contributed by atoms with Crippen LogP contribution < -0.4 is 0 Å². The Bertz CT molecular complexity index is 354. The molecule has 1 unspecified atom stereocenters. The highest BCUT2D eigenvalue weighted by molar-refractivity contribution is 9.10. The fraction of sp³-hybridized carbons (Fsp3) is 0.462. The van der Waals surface area contributed by atoms with Gasteiger partial charge < -0.3 is 4.74 Å². The van der Waals surface area contributed by atoms with Crippen molar-refractivity contribution in [1.29, 1.82) is 0 Å². The van der Waals surface area contributed by atoms with Gasteiger partial charge in [-0.2, -0.15) is 0 Å². The van der Waals surface area contributed by atoms with Gasteiger partial charge in [0.1, 0.15) is 4.83 Å². The van der Waals surface area contributed by atoms with Crippen LogP contribution in [0, 0.1) is 13.8 Å². The van der Waals surface area contributed by atoms with Crippen LogP contribution >= 0.6 is 15.9 Å². The average Bonchev–Trinajstić information content (AvgIpc) is 2.16. The Kier molecular flexibility index (Phi) is 5.00. The molecule has 0 heterocycles. The van der Waals surface area contributed by atoms with E-state index in [-0.39, 0.29) is 10.8 Å². The first-order valence-corrected chi connectivity index (χ1v) is 6.32. The Morgan fingerprint density at radius 1 is 1.31 bits per heavy atom. The first kappa shape index (κ1) is 13.2. The highest BCUT2D eigenvalue weighted by atomic mass is 79.9. The number of hydrogen-bond donors (Lipinski definition) is 0. The Hall–Kier alpha value is -0.830. The highest BCUT2D eigenvalue weighted by Gasteiger charge is 2.16. The van der Waals surface area contributed by atoms with Crippen molar-refractivity contribution in [2.45, 2.75) is 32.0 Å². The van der Waals surface area contributed by atoms with E-state index in [1.54, 1.807) is 0 Å². The molecule has 0 amide bonds. The van der Waals surface area contributed by atoms with E-state index >= 15 is 0 Å². The van der Waals surface area contributed by atoms with Crippen LogP contribution in [0.4, 0.5) is 0 Å². The Morgan fingerprint density at radius 3 is 2.38 bits per heavy atom. The minimum absolute atomic E-state index is 0.193. The van der Waals surface area contributed by atoms with Gasteiger partial charge in [-0.1, -0.05) is 45.3 Å². The number of ether oxygens (including phenoxy) is 1. The maximum Gasteiger partial charge on any atom is 0.320 e. The van der Waals surface area contributed by atoms with Gasteiger partial charge in [-0.25, -0.2) is 0 Å². The summed E-state index contributed by atoms with van der Waals surface area (Å²) in [5, 5.41) is 0. The lowest BCUT2D eigenvalue weighted by Gasteiger charge is -2.10. The number of benzene rings is 1. The van der Waals surface area contributed by atoms with Gasteiger partial charge >= 0.3 is 5.97 Å². The van der Waals surface area contributed by atoms with Crippen molar-refractivity contribution >= 4 is 21.9 Å². The predicted octanol–water partition coefficient (Wildman–Crippen LogP) is 3.17. The topological polar surface area (TPSA) is 26.3 Å². The Morgan fingerprint density at radius 2 is 1.88 bits per heavy atom. The molecule has 1 atom stereocenters. The third-order valence-electron chi connectivity index (χ3n) is 2.24. The van der Waals surface area contributed by atoms with E-state index in [1.165, 1.54) is 11.1 Å². The summed E-state index contributed by atoms with van der Waals surface area (Å²) in [6, 6.07) is 6.32. The van der Waals surface area contributed by atoms with Crippen molar-refractivity contribution in [1.82, 2.24) is 0 Å². The Balaban J connectivity index is 2.69. The molecule has 0 aliphatic rings. The first-order chi connectivity index (χ1) is 7.52. The van der Waals surface area contributed by atoms with Gasteiger partial charge in [-0.05, 0) is 32.8 Å². The summed E-state index contributed by atoms with van der Waals surface area (Å²) >= 11 is 3.36. The van der Waals surface area contributed by atoms with Crippen LogP contribution in [0.25, 0.3) is 0 Å². The first-order valence-electron chi connectivity index (χ1n) is 5.40. The van der Waals surface area contributed by atoms with Gasteiger partial charge in [0.15, 0.2) is 0 Å². The van der Waals surface area contributed by atoms with Gasteiger partial charge in [-0.15, -0.1) is 0 Å². The summed E-state index contributed by atoms with van der Waals surface area (Å²) in [7, 11) is 0. The minimum atomic E-state index is -0.256. The molecule has 0 saturated heterocycles. The zero-order chi connectivity index (χ0) is 12.1. The SMILES string of the molecule is CCOC(=O)C(Br)Cc1cc(C)cc(C)c1. The molecule has 2 nitrogen and oxygen atoms in total. The van der Waals surface area contributed by atoms with Crippen LogP contribution in [0.1, 0.15) is 23.6 Å². The number of hydrogen-bond acceptors (Lipinski definition) is 2. The van der Waals surface area contributed by atoms with E-state index in [0.29, 0.717) is 13.0 Å². The largest absolute Gasteiger partial charge is 0.465 e. The highest BCUT2D eigenvalue weighted by Crippen LogP contribution is 2.15. The van der Waals surface area contributed by atoms with Crippen LogP contribution in [0.5, 0.6) is 0 Å². The molecule has 1 rings (SSSR count). The second-order valence-electron chi connectivity index (χ2n) is 3.92. The molecule has 3 heteroatoms. The molecule has 0 bridgehead atoms. The van der Waals surface area contributed by atoms with E-state index in [0.717, 1.165) is 5.56 Å². The maximum atomic E-state index is 11.4. The lowest BCUT2D eigenvalue weighted by molar-refractivity contribution is -0.142. The number of alkyl halides is 1. The number of aryl methyl sites for hydroxylation is 2. The van der Waals surface area contributed by atoms with E-state index in [9.17, 15) is 4.79 Å². The summed E-state index contributed by atoms with van der Waals surface area (Å²) in [6.45, 7) is 6.36. The maximum absolute atomic E-state index is 11.4. The summed E-state index contributed by atoms with van der Waals surface area (Å²) in [4.78, 5) is 11.2. The Labute approximate surface area is 105 Å². The summed E-state index contributed by atoms with van der Waals surface area (Å²) < 4.78 is 4.95. The standard InChI is InChI=1S/C13H17BrO2/c1-4-16-13(15)12(14)8-11-6-9(2)5-10(3)7-11/h5-7,12H,4,8H2,1-3H3. The zero-order valence-electron chi connectivity index (χ0n) is 9.92. The molecule has 0 aliphatic carbocycles. The second-order valence-corrected chi connectivity index (χ2v) is 5.02. The van der Waals surface area contributed by atoms with Crippen LogP contribution in [-0.4, -0.2) is 17.4 Å². The molecule has 0 spiro atoms. The van der Waals surface area contributed by atoms with Gasteiger partial charge in [0, 0.05) is 0 Å². The summed E-state index contributed by atoms with van der Waals surface area (Å²) in [5.74, 6) is -0.193. The molecule has 16 heavy (non-hydrogen) atoms. The van der Waals surface area contributed by atoms with Crippen LogP contribution in [-0.2, 0) is 16.0 Å². The summed E-state index contributed by atoms with van der Waals surface area (Å²) in [6.07, 6.45) is 0.668. The second kappa shape index (κ2) is 6.04. The molecular weight excluding hydrogens is 268 g/mol. The van der Waals surface area contributed by atoms with Gasteiger partial charge in [-0.3, -0.25) is 4.79 Å². The fourth-order valence-corrected chi connectivity index (χ4v) is 2.22. The molecule has 0 radical (unpaired) electrons. The molecule has 0 aliphatic heterocycles. The van der Waals surface area contributed by atoms with Gasteiger partial charge in [0.25, 0.3) is 0 Å². The number of halogens is 1. The number of esters is 1. The summed E-state index contributed by atoms with van der Waals surface area (Å²) in [5.41, 5.74) is 3.60. The number of rotatable bonds is 4. The normalized spacial score (nSPS) is 12.2. The van der Waals surface area contributed by atoms with Crippen LogP contribution in [0.2, 0.25) is 0 Å². The molecule has 0 aromatic heterocycles. The van der Waals surface area contributed by atoms with Crippen LogP contribution in [0.3, 0.4) is 0 Å². The van der Waals surface area contributed by atoms with Crippen molar-refractivity contribution in [2.24, 2.45) is 0 Å².